The molecule has 0 aliphatic carbocycles. The maximum Gasteiger partial charge on any atom is 0.309 e. The Morgan fingerprint density at radius 1 is 1.33 bits per heavy atom. The first-order valence-electron chi connectivity index (χ1n) is 8.61. The SMILES string of the molecule is CC(C)(O)C(C)(C)OBc1ccc(C=N)c(NC2CCCCO2)c1. The van der Waals surface area contributed by atoms with Crippen molar-refractivity contribution in [3.05, 3.63) is 23.8 Å². The summed E-state index contributed by atoms with van der Waals surface area (Å²) in [5, 5.41) is 21.2. The maximum atomic E-state index is 10.2. The highest BCUT2D eigenvalue weighted by molar-refractivity contribution is 6.47. The van der Waals surface area contributed by atoms with E-state index in [0.717, 1.165) is 42.6 Å². The van der Waals surface area contributed by atoms with Crippen molar-refractivity contribution >= 4 is 24.8 Å². The standard InChI is InChI=1S/C18H29BN2O3/c1-17(2,22)18(3,4)24-19-14-9-8-13(12-20)15(11-14)21-16-7-5-6-10-23-16/h8-9,11-12,16,19-22H,5-7,10H2,1-4H3. The molecule has 5 nitrogen and oxygen atoms in total. The van der Waals surface area contributed by atoms with Crippen molar-refractivity contribution in [3.8, 4) is 0 Å². The lowest BCUT2D eigenvalue weighted by atomic mass is 9.82. The van der Waals surface area contributed by atoms with Crippen LogP contribution in [0.1, 0.15) is 52.5 Å². The predicted octanol–water partition coefficient (Wildman–Crippen LogP) is 2.17. The summed E-state index contributed by atoms with van der Waals surface area (Å²) < 4.78 is 11.7. The number of hydrogen-bond donors (Lipinski definition) is 3. The minimum Gasteiger partial charge on any atom is -0.427 e. The van der Waals surface area contributed by atoms with Crippen LogP contribution in [0.5, 0.6) is 0 Å². The van der Waals surface area contributed by atoms with Crippen molar-refractivity contribution in [1.29, 1.82) is 5.41 Å². The van der Waals surface area contributed by atoms with Gasteiger partial charge in [-0.1, -0.05) is 17.6 Å². The largest absolute Gasteiger partial charge is 0.427 e. The van der Waals surface area contributed by atoms with E-state index in [-0.39, 0.29) is 6.23 Å². The Kier molecular flexibility index (Phi) is 6.07. The first-order valence-corrected chi connectivity index (χ1v) is 8.61. The van der Waals surface area contributed by atoms with Gasteiger partial charge in [0.1, 0.15) is 6.23 Å². The van der Waals surface area contributed by atoms with E-state index >= 15 is 0 Å². The number of anilines is 1. The van der Waals surface area contributed by atoms with E-state index in [1.54, 1.807) is 13.8 Å². The molecule has 1 saturated heterocycles. The zero-order valence-electron chi connectivity index (χ0n) is 15.2. The van der Waals surface area contributed by atoms with Crippen LogP contribution in [0.3, 0.4) is 0 Å². The van der Waals surface area contributed by atoms with Crippen LogP contribution in [0.15, 0.2) is 18.2 Å². The Morgan fingerprint density at radius 3 is 2.67 bits per heavy atom. The molecule has 0 bridgehead atoms. The van der Waals surface area contributed by atoms with E-state index in [4.69, 9.17) is 14.8 Å². The second kappa shape index (κ2) is 7.68. The molecule has 1 aromatic carbocycles. The maximum absolute atomic E-state index is 10.2. The fraction of sp³-hybridized carbons (Fsp3) is 0.611. The molecule has 0 amide bonds. The fourth-order valence-corrected chi connectivity index (χ4v) is 2.41. The van der Waals surface area contributed by atoms with E-state index in [9.17, 15) is 5.11 Å². The normalized spacial score (nSPS) is 19.0. The second-order valence-electron chi connectivity index (χ2n) is 7.42. The lowest BCUT2D eigenvalue weighted by molar-refractivity contribution is -0.0893. The van der Waals surface area contributed by atoms with Crippen LogP contribution < -0.4 is 10.8 Å². The Bertz CT molecular complexity index is 564. The quantitative estimate of drug-likeness (QED) is 0.528. The Morgan fingerprint density at radius 2 is 2.08 bits per heavy atom. The minimum absolute atomic E-state index is 0.00133. The fourth-order valence-electron chi connectivity index (χ4n) is 2.41. The molecule has 1 fully saturated rings. The summed E-state index contributed by atoms with van der Waals surface area (Å²) in [5.41, 5.74) is 1.12. The van der Waals surface area contributed by atoms with Gasteiger partial charge in [-0.2, -0.15) is 0 Å². The van der Waals surface area contributed by atoms with Crippen LogP contribution in [0.4, 0.5) is 5.69 Å². The molecule has 1 aliphatic rings. The predicted molar refractivity (Wildman–Crippen MR) is 99.8 cm³/mol. The van der Waals surface area contributed by atoms with Crippen LogP contribution >= 0.6 is 0 Å². The number of benzene rings is 1. The highest BCUT2D eigenvalue weighted by Gasteiger charge is 2.35. The average Bonchev–Trinajstić information content (AvgIpc) is 2.53. The summed E-state index contributed by atoms with van der Waals surface area (Å²) in [4.78, 5) is 0. The third kappa shape index (κ3) is 4.82. The van der Waals surface area contributed by atoms with Crippen LogP contribution in [0.2, 0.25) is 0 Å². The van der Waals surface area contributed by atoms with E-state index in [0.29, 0.717) is 7.48 Å². The topological polar surface area (TPSA) is 74.6 Å². The first-order chi connectivity index (χ1) is 11.2. The van der Waals surface area contributed by atoms with Gasteiger partial charge in [0.05, 0.1) is 11.2 Å². The molecular weight excluding hydrogens is 303 g/mol. The van der Waals surface area contributed by atoms with E-state index < -0.39 is 11.2 Å². The third-order valence-electron chi connectivity index (χ3n) is 4.84. The summed E-state index contributed by atoms with van der Waals surface area (Å²) in [7, 11) is 0.398. The molecule has 0 aromatic heterocycles. The molecule has 2 rings (SSSR count). The van der Waals surface area contributed by atoms with Crippen molar-refractivity contribution in [2.45, 2.75) is 64.4 Å². The summed E-state index contributed by atoms with van der Waals surface area (Å²) in [6.07, 6.45) is 4.58. The number of aliphatic hydroxyl groups is 1. The average molecular weight is 332 g/mol. The second-order valence-corrected chi connectivity index (χ2v) is 7.42. The zero-order chi connectivity index (χ0) is 17.8. The molecule has 1 aromatic rings. The van der Waals surface area contributed by atoms with Gasteiger partial charge in [-0.15, -0.1) is 0 Å². The van der Waals surface area contributed by atoms with Crippen LogP contribution in [-0.2, 0) is 9.39 Å². The van der Waals surface area contributed by atoms with Crippen LogP contribution in [0, 0.1) is 5.41 Å². The van der Waals surface area contributed by atoms with Crippen LogP contribution in [0.25, 0.3) is 0 Å². The molecule has 1 heterocycles. The molecule has 1 aliphatic heterocycles. The van der Waals surface area contributed by atoms with Gasteiger partial charge < -0.3 is 25.2 Å². The highest BCUT2D eigenvalue weighted by Crippen LogP contribution is 2.24. The number of ether oxygens (including phenoxy) is 1. The lowest BCUT2D eigenvalue weighted by Crippen LogP contribution is -2.49. The molecular formula is C18H29BN2O3. The smallest absolute Gasteiger partial charge is 0.309 e. The van der Waals surface area contributed by atoms with Gasteiger partial charge in [0.25, 0.3) is 0 Å². The molecule has 6 heteroatoms. The molecule has 24 heavy (non-hydrogen) atoms. The first kappa shape index (κ1) is 19.0. The van der Waals surface area contributed by atoms with Crippen molar-refractivity contribution < 1.29 is 14.5 Å². The Labute approximate surface area is 145 Å². The van der Waals surface area contributed by atoms with Gasteiger partial charge in [-0.3, -0.25) is 0 Å². The Balaban J connectivity index is 2.08. The van der Waals surface area contributed by atoms with Gasteiger partial charge in [0, 0.05) is 24.1 Å². The van der Waals surface area contributed by atoms with Crippen LogP contribution in [-0.4, -0.2) is 42.8 Å². The number of rotatable bonds is 7. The molecule has 132 valence electrons. The highest BCUT2D eigenvalue weighted by atomic mass is 16.5. The zero-order valence-corrected chi connectivity index (χ0v) is 15.2. The molecule has 1 unspecified atom stereocenters. The van der Waals surface area contributed by atoms with E-state index in [2.05, 4.69) is 5.32 Å². The summed E-state index contributed by atoms with van der Waals surface area (Å²) in [6.45, 7) is 8.04. The summed E-state index contributed by atoms with van der Waals surface area (Å²) >= 11 is 0. The van der Waals surface area contributed by atoms with Gasteiger partial charge in [0.15, 0.2) is 0 Å². The molecule has 1 atom stereocenters. The molecule has 0 spiro atoms. The molecule has 0 saturated carbocycles. The van der Waals surface area contributed by atoms with Crippen molar-refractivity contribution in [2.75, 3.05) is 11.9 Å². The van der Waals surface area contributed by atoms with Crippen molar-refractivity contribution in [3.63, 3.8) is 0 Å². The van der Waals surface area contributed by atoms with Crippen molar-refractivity contribution in [1.82, 2.24) is 0 Å². The Hall–Kier alpha value is -1.37. The number of hydrogen-bond acceptors (Lipinski definition) is 5. The van der Waals surface area contributed by atoms with E-state index in [1.807, 2.05) is 32.0 Å². The number of nitrogens with one attached hydrogen (secondary N) is 2. The third-order valence-corrected chi connectivity index (χ3v) is 4.84. The van der Waals surface area contributed by atoms with Gasteiger partial charge >= 0.3 is 7.48 Å². The monoisotopic (exact) mass is 332 g/mol. The lowest BCUT2D eigenvalue weighted by Gasteiger charge is -2.37. The van der Waals surface area contributed by atoms with E-state index in [1.165, 1.54) is 6.21 Å². The summed E-state index contributed by atoms with van der Waals surface area (Å²) in [5.74, 6) is 0. The molecule has 3 N–H and O–H groups in total. The minimum atomic E-state index is -0.932. The van der Waals surface area contributed by atoms with Gasteiger partial charge in [-0.25, -0.2) is 0 Å². The van der Waals surface area contributed by atoms with Crippen molar-refractivity contribution in [2.24, 2.45) is 0 Å². The molecule has 0 radical (unpaired) electrons. The summed E-state index contributed by atoms with van der Waals surface area (Å²) in [6, 6.07) is 5.86. The van der Waals surface area contributed by atoms with Gasteiger partial charge in [0.2, 0.25) is 0 Å². The van der Waals surface area contributed by atoms with Gasteiger partial charge in [-0.05, 0) is 53.0 Å².